The molecular weight excluding hydrogens is 380 g/mol. The largest absolute Gasteiger partial charge is 0.497 e. The standard InChI is InChI=1S/C24H34N2O4/c1-16(2)14-25-23(27)15-30-19-9-7-18(8-10-19)24(26-17(3)4)21-12-11-20(28-5)13-22(21)29-6/h7-13,16-17,24,26H,14-15H2,1-6H3,(H,25,27). The Morgan fingerprint density at radius 1 is 0.933 bits per heavy atom. The first-order valence-corrected chi connectivity index (χ1v) is 10.3. The van der Waals surface area contributed by atoms with Crippen molar-refractivity contribution in [2.45, 2.75) is 39.8 Å². The van der Waals surface area contributed by atoms with E-state index in [1.54, 1.807) is 14.2 Å². The van der Waals surface area contributed by atoms with Gasteiger partial charge in [0.15, 0.2) is 6.61 Å². The van der Waals surface area contributed by atoms with Gasteiger partial charge in [0, 0.05) is 24.2 Å². The van der Waals surface area contributed by atoms with Gasteiger partial charge in [0.25, 0.3) is 5.91 Å². The van der Waals surface area contributed by atoms with Gasteiger partial charge in [-0.05, 0) is 49.6 Å². The van der Waals surface area contributed by atoms with Gasteiger partial charge in [0.1, 0.15) is 17.2 Å². The van der Waals surface area contributed by atoms with Gasteiger partial charge in [0.2, 0.25) is 0 Å². The number of benzene rings is 2. The SMILES string of the molecule is COc1ccc(C(NC(C)C)c2ccc(OCC(=O)NCC(C)C)cc2)c(OC)c1. The van der Waals surface area contributed by atoms with Gasteiger partial charge in [-0.3, -0.25) is 4.79 Å². The van der Waals surface area contributed by atoms with Crippen molar-refractivity contribution in [1.29, 1.82) is 0 Å². The summed E-state index contributed by atoms with van der Waals surface area (Å²) >= 11 is 0. The van der Waals surface area contributed by atoms with E-state index < -0.39 is 0 Å². The quantitative estimate of drug-likeness (QED) is 0.583. The van der Waals surface area contributed by atoms with E-state index in [1.165, 1.54) is 0 Å². The van der Waals surface area contributed by atoms with Crippen molar-refractivity contribution in [3.63, 3.8) is 0 Å². The minimum absolute atomic E-state index is 0.00599. The van der Waals surface area contributed by atoms with E-state index in [0.29, 0.717) is 18.2 Å². The van der Waals surface area contributed by atoms with Gasteiger partial charge in [-0.15, -0.1) is 0 Å². The van der Waals surface area contributed by atoms with E-state index in [0.717, 1.165) is 22.6 Å². The molecule has 2 N–H and O–H groups in total. The summed E-state index contributed by atoms with van der Waals surface area (Å²) in [4.78, 5) is 11.9. The summed E-state index contributed by atoms with van der Waals surface area (Å²) < 4.78 is 16.6. The molecular formula is C24H34N2O4. The molecule has 0 aliphatic heterocycles. The topological polar surface area (TPSA) is 68.8 Å². The van der Waals surface area contributed by atoms with Gasteiger partial charge in [0.05, 0.1) is 20.3 Å². The van der Waals surface area contributed by atoms with Crippen LogP contribution in [-0.4, -0.2) is 39.3 Å². The first-order chi connectivity index (χ1) is 14.3. The smallest absolute Gasteiger partial charge is 0.257 e. The number of methoxy groups -OCH3 is 2. The molecule has 0 fully saturated rings. The summed E-state index contributed by atoms with van der Waals surface area (Å²) in [5, 5.41) is 6.44. The van der Waals surface area contributed by atoms with Gasteiger partial charge in [-0.1, -0.05) is 26.0 Å². The number of hydrogen-bond acceptors (Lipinski definition) is 5. The van der Waals surface area contributed by atoms with Crippen LogP contribution in [-0.2, 0) is 4.79 Å². The van der Waals surface area contributed by atoms with Crippen molar-refractivity contribution < 1.29 is 19.0 Å². The number of carbonyl (C=O) groups excluding carboxylic acids is 1. The molecule has 0 heterocycles. The maximum absolute atomic E-state index is 11.9. The predicted molar refractivity (Wildman–Crippen MR) is 119 cm³/mol. The Balaban J connectivity index is 2.16. The number of hydrogen-bond donors (Lipinski definition) is 2. The lowest BCUT2D eigenvalue weighted by Crippen LogP contribution is -2.31. The minimum atomic E-state index is -0.116. The summed E-state index contributed by atoms with van der Waals surface area (Å²) in [6, 6.07) is 13.8. The molecule has 0 radical (unpaired) electrons. The summed E-state index contributed by atoms with van der Waals surface area (Å²) in [6.07, 6.45) is 0. The average Bonchev–Trinajstić information content (AvgIpc) is 2.74. The monoisotopic (exact) mass is 414 g/mol. The minimum Gasteiger partial charge on any atom is -0.497 e. The van der Waals surface area contributed by atoms with E-state index in [9.17, 15) is 4.79 Å². The van der Waals surface area contributed by atoms with Crippen LogP contribution in [0.2, 0.25) is 0 Å². The molecule has 2 aromatic rings. The summed E-state index contributed by atoms with van der Waals surface area (Å²) in [7, 11) is 3.30. The second-order valence-electron chi connectivity index (χ2n) is 7.92. The van der Waals surface area contributed by atoms with Crippen LogP contribution in [0.25, 0.3) is 0 Å². The second kappa shape index (κ2) is 11.5. The van der Waals surface area contributed by atoms with Crippen LogP contribution in [0.4, 0.5) is 0 Å². The van der Waals surface area contributed by atoms with E-state index in [1.807, 2.05) is 42.5 Å². The van der Waals surface area contributed by atoms with Crippen LogP contribution in [0, 0.1) is 5.92 Å². The maximum atomic E-state index is 11.9. The number of ether oxygens (including phenoxy) is 3. The van der Waals surface area contributed by atoms with Crippen LogP contribution in [0.5, 0.6) is 17.2 Å². The first kappa shape index (κ1) is 23.5. The lowest BCUT2D eigenvalue weighted by molar-refractivity contribution is -0.123. The van der Waals surface area contributed by atoms with Crippen LogP contribution < -0.4 is 24.8 Å². The normalized spacial score (nSPS) is 12.0. The molecule has 1 unspecified atom stereocenters. The first-order valence-electron chi connectivity index (χ1n) is 10.3. The highest BCUT2D eigenvalue weighted by atomic mass is 16.5. The second-order valence-corrected chi connectivity index (χ2v) is 7.92. The van der Waals surface area contributed by atoms with Crippen molar-refractivity contribution in [3.8, 4) is 17.2 Å². The highest BCUT2D eigenvalue weighted by Gasteiger charge is 2.20. The molecule has 0 spiro atoms. The molecule has 6 nitrogen and oxygen atoms in total. The van der Waals surface area contributed by atoms with Crippen LogP contribution in [0.15, 0.2) is 42.5 Å². The molecule has 0 aliphatic carbocycles. The molecule has 0 saturated carbocycles. The highest BCUT2D eigenvalue weighted by molar-refractivity contribution is 5.77. The third-order valence-electron chi connectivity index (χ3n) is 4.54. The van der Waals surface area contributed by atoms with Crippen molar-refractivity contribution in [2.75, 3.05) is 27.4 Å². The maximum Gasteiger partial charge on any atom is 0.257 e. The van der Waals surface area contributed by atoms with Crippen molar-refractivity contribution in [2.24, 2.45) is 5.92 Å². The Labute approximate surface area is 179 Å². The Morgan fingerprint density at radius 3 is 2.17 bits per heavy atom. The summed E-state index contributed by atoms with van der Waals surface area (Å²) in [5.74, 6) is 2.46. The van der Waals surface area contributed by atoms with Gasteiger partial charge in [-0.25, -0.2) is 0 Å². The fourth-order valence-electron chi connectivity index (χ4n) is 3.03. The molecule has 2 aromatic carbocycles. The Hall–Kier alpha value is -2.73. The Bertz CT molecular complexity index is 803. The molecule has 0 saturated heterocycles. The molecule has 0 bridgehead atoms. The Kier molecular flexibility index (Phi) is 8.99. The van der Waals surface area contributed by atoms with E-state index in [-0.39, 0.29) is 24.6 Å². The van der Waals surface area contributed by atoms with Crippen molar-refractivity contribution in [1.82, 2.24) is 10.6 Å². The third kappa shape index (κ3) is 6.95. The van der Waals surface area contributed by atoms with Crippen molar-refractivity contribution >= 4 is 5.91 Å². The number of nitrogens with one attached hydrogen (secondary N) is 2. The number of carbonyl (C=O) groups is 1. The fourth-order valence-corrected chi connectivity index (χ4v) is 3.03. The summed E-state index contributed by atoms with van der Waals surface area (Å²) in [5.41, 5.74) is 2.09. The van der Waals surface area contributed by atoms with E-state index in [4.69, 9.17) is 14.2 Å². The summed E-state index contributed by atoms with van der Waals surface area (Å²) in [6.45, 7) is 8.98. The molecule has 1 amide bonds. The van der Waals surface area contributed by atoms with Gasteiger partial charge in [-0.2, -0.15) is 0 Å². The molecule has 6 heteroatoms. The Morgan fingerprint density at radius 2 is 1.60 bits per heavy atom. The van der Waals surface area contributed by atoms with Crippen LogP contribution in [0.1, 0.15) is 44.9 Å². The van der Waals surface area contributed by atoms with Crippen LogP contribution in [0.3, 0.4) is 0 Å². The number of rotatable bonds is 11. The molecule has 0 aliphatic rings. The van der Waals surface area contributed by atoms with Gasteiger partial charge < -0.3 is 24.8 Å². The predicted octanol–water partition coefficient (Wildman–Crippen LogP) is 3.94. The van der Waals surface area contributed by atoms with E-state index in [2.05, 4.69) is 38.3 Å². The highest BCUT2D eigenvalue weighted by Crippen LogP contribution is 2.34. The zero-order chi connectivity index (χ0) is 22.1. The van der Waals surface area contributed by atoms with Crippen LogP contribution >= 0.6 is 0 Å². The van der Waals surface area contributed by atoms with Crippen molar-refractivity contribution in [3.05, 3.63) is 53.6 Å². The molecule has 0 aromatic heterocycles. The average molecular weight is 415 g/mol. The van der Waals surface area contributed by atoms with E-state index >= 15 is 0 Å². The van der Waals surface area contributed by atoms with Gasteiger partial charge >= 0.3 is 0 Å². The fraction of sp³-hybridized carbons (Fsp3) is 0.458. The molecule has 1 atom stereocenters. The molecule has 2 rings (SSSR count). The zero-order valence-corrected chi connectivity index (χ0v) is 18.8. The lowest BCUT2D eigenvalue weighted by atomic mass is 9.96. The molecule has 30 heavy (non-hydrogen) atoms. The molecule has 164 valence electrons. The number of amides is 1. The third-order valence-corrected chi connectivity index (χ3v) is 4.54. The zero-order valence-electron chi connectivity index (χ0n) is 18.8. The lowest BCUT2D eigenvalue weighted by Gasteiger charge is -2.24.